The van der Waals surface area contributed by atoms with Gasteiger partial charge in [0.2, 0.25) is 11.8 Å². The van der Waals surface area contributed by atoms with Gasteiger partial charge in [-0.25, -0.2) is 9.37 Å². The van der Waals surface area contributed by atoms with E-state index in [-0.39, 0.29) is 46.7 Å². The number of carbonyl (C=O) groups excluding carboxylic acids is 2. The van der Waals surface area contributed by atoms with Crippen LogP contribution in [0.4, 0.5) is 16.0 Å². The number of hydrogen-bond acceptors (Lipinski definition) is 16. The first-order valence-corrected chi connectivity index (χ1v) is 30.7. The van der Waals surface area contributed by atoms with Crippen LogP contribution in [-0.4, -0.2) is 153 Å². The summed E-state index contributed by atoms with van der Waals surface area (Å²) in [5.74, 6) is 0.921. The Hall–Kier alpha value is -6.80. The van der Waals surface area contributed by atoms with Crippen molar-refractivity contribution in [2.24, 2.45) is 5.92 Å². The minimum absolute atomic E-state index is 0.0000890. The van der Waals surface area contributed by atoms with Gasteiger partial charge in [-0.05, 0) is 124 Å². The number of likely N-dealkylation sites (tertiary alicyclic amines) is 1. The van der Waals surface area contributed by atoms with E-state index in [1.807, 2.05) is 57.5 Å². The number of hydrogen-bond donors (Lipinski definition) is 3. The zero-order chi connectivity index (χ0) is 56.8. The molecule has 17 nitrogen and oxygen atoms in total. The van der Waals surface area contributed by atoms with Gasteiger partial charge >= 0.3 is 6.01 Å². The molecule has 6 aliphatic rings. The summed E-state index contributed by atoms with van der Waals surface area (Å²) >= 11 is 1.63. The molecule has 2 bridgehead atoms. The third-order valence-corrected chi connectivity index (χ3v) is 19.3. The molecule has 2 amide bonds. The van der Waals surface area contributed by atoms with Crippen LogP contribution in [-0.2, 0) is 16.0 Å². The van der Waals surface area contributed by atoms with Crippen LogP contribution >= 0.6 is 11.3 Å². The Kier molecular flexibility index (Phi) is 16.2. The maximum atomic E-state index is 16.2. The molecule has 432 valence electrons. The maximum absolute atomic E-state index is 16.2. The van der Waals surface area contributed by atoms with Crippen LogP contribution in [0.2, 0.25) is 0 Å². The van der Waals surface area contributed by atoms with E-state index in [4.69, 9.17) is 9.26 Å². The number of anilines is 2. The number of methoxy groups -OCH3 is 1. The van der Waals surface area contributed by atoms with Crippen molar-refractivity contribution in [1.82, 2.24) is 50.4 Å². The molecule has 0 saturated carbocycles. The quantitative estimate of drug-likeness (QED) is 0.0936. The molecule has 6 aliphatic heterocycles. The Morgan fingerprint density at radius 2 is 1.68 bits per heavy atom. The number of aromatic hydroxyl groups is 1. The van der Waals surface area contributed by atoms with Gasteiger partial charge in [-0.15, -0.1) is 11.3 Å². The van der Waals surface area contributed by atoms with Crippen molar-refractivity contribution in [3.63, 3.8) is 0 Å². The van der Waals surface area contributed by atoms with Crippen molar-refractivity contribution >= 4 is 56.5 Å². The van der Waals surface area contributed by atoms with Crippen LogP contribution in [0.1, 0.15) is 114 Å². The van der Waals surface area contributed by atoms with E-state index in [9.17, 15) is 14.7 Å². The van der Waals surface area contributed by atoms with E-state index in [1.165, 1.54) is 45.9 Å². The third kappa shape index (κ3) is 11.1. The molecule has 3 N–H and O–H groups in total. The number of phenolic OH excluding ortho intramolecular Hbond substituents is 1. The number of rotatable bonds is 14. The number of nitrogens with one attached hydrogen (secondary N) is 2. The van der Waals surface area contributed by atoms with Crippen LogP contribution in [0.3, 0.4) is 0 Å². The number of aryl methyl sites for hydroxylation is 2. The predicted octanol–water partition coefficient (Wildman–Crippen LogP) is 9.66. The lowest BCUT2D eigenvalue weighted by Gasteiger charge is -2.37. The van der Waals surface area contributed by atoms with Gasteiger partial charge in [-0.2, -0.15) is 9.97 Å². The highest BCUT2D eigenvalue weighted by molar-refractivity contribution is 7.13. The number of aromatic nitrogens is 5. The fourth-order valence-corrected chi connectivity index (χ4v) is 14.8. The Balaban J connectivity index is 0.000000172. The van der Waals surface area contributed by atoms with Crippen LogP contribution in [0.5, 0.6) is 11.8 Å². The fraction of sp³-hybridized carbons (Fsp3) is 0.508. The highest BCUT2D eigenvalue weighted by Gasteiger charge is 2.42. The van der Waals surface area contributed by atoms with E-state index >= 15 is 4.39 Å². The lowest BCUT2D eigenvalue weighted by Crippen LogP contribution is -2.51. The number of ether oxygens (including phenoxy) is 1. The molecular weight excluding hydrogens is 1060 g/mol. The van der Waals surface area contributed by atoms with Crippen LogP contribution < -0.4 is 25.2 Å². The minimum atomic E-state index is -0.546. The van der Waals surface area contributed by atoms with E-state index in [1.54, 1.807) is 34.6 Å². The fourth-order valence-electron chi connectivity index (χ4n) is 14.0. The van der Waals surface area contributed by atoms with Gasteiger partial charge in [0.1, 0.15) is 34.7 Å². The van der Waals surface area contributed by atoms with E-state index in [0.29, 0.717) is 53.6 Å². The summed E-state index contributed by atoms with van der Waals surface area (Å²) in [4.78, 5) is 58.4. The standard InChI is InChI=1S/C37H51N7O3S.C26H26FN5O2/c1-24(2)34(32-21-33(40-47-32)42-19-17-41(18-20-42)22-30-14-13-29-7-5-15-43(29)30)37(46)44-16-6-8-31(44)36(45)39-25(3)27-9-11-28(12-10-27)35-26(4)38-23-48-35;1-3-14-5-4-6-15-9-18(33)10-19(21(14)15)23-22(27)24-20(11-28-23)25(31-26(30-24)34-2)32-12-16-7-8-17(13-32)29-16/h9-12,21,23-25,29-31,34H,5-8,13-20,22H2,1-4H3,(H,39,45);4-6,9-11,16-17,29,33H,3,7-8,12-13H2,1-2H3. The summed E-state index contributed by atoms with van der Waals surface area (Å²) in [5.41, 5.74) is 6.97. The second-order valence-electron chi connectivity index (χ2n) is 23.8. The molecule has 3 aromatic carbocycles. The first kappa shape index (κ1) is 55.7. The predicted molar refractivity (Wildman–Crippen MR) is 319 cm³/mol. The molecule has 10 heterocycles. The number of amides is 2. The topological polar surface area (TPSA) is 181 Å². The summed E-state index contributed by atoms with van der Waals surface area (Å²) < 4.78 is 27.4. The number of benzene rings is 3. The van der Waals surface area contributed by atoms with Crippen LogP contribution in [0, 0.1) is 18.7 Å². The number of phenols is 1. The van der Waals surface area contributed by atoms with Crippen molar-refractivity contribution in [1.29, 1.82) is 0 Å². The number of halogens is 1. The normalized spacial score (nSPS) is 22.7. The van der Waals surface area contributed by atoms with Crippen molar-refractivity contribution in [3.05, 3.63) is 101 Å². The number of nitrogens with zero attached hydrogens (tertiary/aromatic N) is 10. The second-order valence-corrected chi connectivity index (χ2v) is 24.6. The molecule has 0 aliphatic carbocycles. The number of carbonyl (C=O) groups is 2. The molecule has 6 saturated heterocycles. The van der Waals surface area contributed by atoms with Crippen LogP contribution in [0.15, 0.2) is 76.9 Å². The van der Waals surface area contributed by atoms with Gasteiger partial charge in [0.05, 0.1) is 34.6 Å². The summed E-state index contributed by atoms with van der Waals surface area (Å²) in [6, 6.07) is 21.2. The lowest BCUT2D eigenvalue weighted by atomic mass is 9.91. The largest absolute Gasteiger partial charge is 0.508 e. The Morgan fingerprint density at radius 1 is 0.902 bits per heavy atom. The molecule has 4 aromatic heterocycles. The van der Waals surface area contributed by atoms with E-state index in [0.717, 1.165) is 115 Å². The molecule has 0 spiro atoms. The first-order chi connectivity index (χ1) is 39.8. The number of pyridine rings is 1. The number of piperazine rings is 2. The summed E-state index contributed by atoms with van der Waals surface area (Å²) in [6.07, 6.45) is 11.6. The van der Waals surface area contributed by atoms with Crippen molar-refractivity contribution < 1.29 is 28.3 Å². The SMILES string of the molecule is CCc1cccc2cc(O)cc(-c3ncc4c(N5CC6CCC(C5)N6)nc(OC)nc4c3F)c12.Cc1ncsc1-c1ccc(C(C)NC(=O)C2CCCN2C(=O)C(c2cc(N3CCN(CC4CCC5CCCN54)CC3)no2)C(C)C)cc1. The molecule has 0 radical (unpaired) electrons. The van der Waals surface area contributed by atoms with Gasteiger partial charge in [0, 0.05) is 94.4 Å². The summed E-state index contributed by atoms with van der Waals surface area (Å²) in [7, 11) is 1.49. The van der Waals surface area contributed by atoms with E-state index < -0.39 is 17.8 Å². The monoisotopic (exact) mass is 1130 g/mol. The molecule has 6 fully saturated rings. The molecule has 7 unspecified atom stereocenters. The average molecular weight is 1130 g/mol. The maximum Gasteiger partial charge on any atom is 0.318 e. The highest BCUT2D eigenvalue weighted by atomic mass is 32.1. The van der Waals surface area contributed by atoms with Gasteiger partial charge in [-0.3, -0.25) is 24.4 Å². The van der Waals surface area contributed by atoms with Gasteiger partial charge in [0.25, 0.3) is 0 Å². The Bertz CT molecular complexity index is 3430. The van der Waals surface area contributed by atoms with Gasteiger partial charge in [-0.1, -0.05) is 68.4 Å². The molecule has 7 atom stereocenters. The molecule has 7 aromatic rings. The van der Waals surface area contributed by atoms with Crippen molar-refractivity contribution in [2.45, 2.75) is 135 Å². The van der Waals surface area contributed by atoms with Gasteiger partial charge in [0.15, 0.2) is 17.4 Å². The molecule has 13 rings (SSSR count). The Morgan fingerprint density at radius 3 is 2.41 bits per heavy atom. The van der Waals surface area contributed by atoms with Crippen molar-refractivity contribution in [2.75, 3.05) is 75.8 Å². The minimum Gasteiger partial charge on any atom is -0.508 e. The van der Waals surface area contributed by atoms with Gasteiger partial charge < -0.3 is 39.7 Å². The lowest BCUT2D eigenvalue weighted by molar-refractivity contribution is -0.141. The number of fused-ring (bicyclic) bond motifs is 5. The summed E-state index contributed by atoms with van der Waals surface area (Å²) in [6.45, 7) is 18.6. The Labute approximate surface area is 483 Å². The first-order valence-electron chi connectivity index (χ1n) is 29.8. The smallest absolute Gasteiger partial charge is 0.318 e. The molecule has 82 heavy (non-hydrogen) atoms. The highest BCUT2D eigenvalue weighted by Crippen LogP contribution is 2.40. The third-order valence-electron chi connectivity index (χ3n) is 18.3. The molecular formula is C63H77FN12O5S. The number of thiazole rings is 1. The summed E-state index contributed by atoms with van der Waals surface area (Å²) in [5, 5.41) is 23.9. The van der Waals surface area contributed by atoms with Crippen LogP contribution in [0.25, 0.3) is 43.4 Å². The molecule has 19 heteroatoms. The second kappa shape index (κ2) is 23.8. The average Bonchev–Trinajstić information content (AvgIpc) is 4.04. The van der Waals surface area contributed by atoms with E-state index in [2.05, 4.69) is 86.5 Å². The van der Waals surface area contributed by atoms with Crippen molar-refractivity contribution in [3.8, 4) is 33.5 Å². The zero-order valence-corrected chi connectivity index (χ0v) is 48.9. The zero-order valence-electron chi connectivity index (χ0n) is 48.1.